The summed E-state index contributed by atoms with van der Waals surface area (Å²) < 4.78 is 10.7. The van der Waals surface area contributed by atoms with Crippen LogP contribution in [0.2, 0.25) is 0 Å². The molecular weight excluding hydrogens is 154 g/mol. The summed E-state index contributed by atoms with van der Waals surface area (Å²) in [6.45, 7) is 4.13. The normalized spacial score (nSPS) is 29.5. The molecule has 0 bridgehead atoms. The predicted octanol–water partition coefficient (Wildman–Crippen LogP) is 0.919. The molecule has 1 fully saturated rings. The summed E-state index contributed by atoms with van der Waals surface area (Å²) >= 11 is 0. The molecule has 1 aliphatic rings. The van der Waals surface area contributed by atoms with Gasteiger partial charge in [0.05, 0.1) is 19.3 Å². The molecule has 2 N–H and O–H groups in total. The largest absolute Gasteiger partial charge is 0.379 e. The summed E-state index contributed by atoms with van der Waals surface area (Å²) in [4.78, 5) is 0. The molecule has 0 spiro atoms. The van der Waals surface area contributed by atoms with Crippen LogP contribution in [0.5, 0.6) is 0 Å². The van der Waals surface area contributed by atoms with Crippen molar-refractivity contribution in [1.82, 2.24) is 0 Å². The maximum Gasteiger partial charge on any atom is 0.0727 e. The molecule has 2 atom stereocenters. The molecule has 1 saturated carbocycles. The van der Waals surface area contributed by atoms with E-state index in [0.29, 0.717) is 13.2 Å². The third-order valence-electron chi connectivity index (χ3n) is 2.27. The molecule has 0 amide bonds. The lowest BCUT2D eigenvalue weighted by molar-refractivity contribution is 0.00459. The number of hydrogen-bond acceptors (Lipinski definition) is 3. The minimum atomic E-state index is 0.256. The Labute approximate surface area is 74.2 Å². The van der Waals surface area contributed by atoms with E-state index in [2.05, 4.69) is 0 Å². The van der Waals surface area contributed by atoms with Crippen molar-refractivity contribution in [3.8, 4) is 0 Å². The topological polar surface area (TPSA) is 44.5 Å². The zero-order chi connectivity index (χ0) is 8.81. The molecule has 72 valence electrons. The van der Waals surface area contributed by atoms with Gasteiger partial charge in [-0.3, -0.25) is 0 Å². The number of rotatable bonds is 5. The first-order valence-corrected chi connectivity index (χ1v) is 4.79. The van der Waals surface area contributed by atoms with Gasteiger partial charge in [-0.1, -0.05) is 0 Å². The van der Waals surface area contributed by atoms with E-state index in [4.69, 9.17) is 15.2 Å². The monoisotopic (exact) mass is 173 g/mol. The van der Waals surface area contributed by atoms with Crippen LogP contribution in [0, 0.1) is 0 Å². The fraction of sp³-hybridized carbons (Fsp3) is 1.00. The Morgan fingerprint density at radius 1 is 1.33 bits per heavy atom. The second kappa shape index (κ2) is 5.51. The molecule has 1 aliphatic carbocycles. The quantitative estimate of drug-likeness (QED) is 0.629. The maximum absolute atomic E-state index is 5.83. The smallest absolute Gasteiger partial charge is 0.0727 e. The van der Waals surface area contributed by atoms with Crippen molar-refractivity contribution in [3.05, 3.63) is 0 Å². The van der Waals surface area contributed by atoms with E-state index in [0.717, 1.165) is 19.4 Å². The van der Waals surface area contributed by atoms with Crippen LogP contribution in [0.25, 0.3) is 0 Å². The summed E-state index contributed by atoms with van der Waals surface area (Å²) in [5.41, 5.74) is 5.83. The lowest BCUT2D eigenvalue weighted by Gasteiger charge is -2.15. The van der Waals surface area contributed by atoms with Gasteiger partial charge in [0.25, 0.3) is 0 Å². The second-order valence-electron chi connectivity index (χ2n) is 3.20. The summed E-state index contributed by atoms with van der Waals surface area (Å²) in [5, 5.41) is 0. The summed E-state index contributed by atoms with van der Waals surface area (Å²) in [7, 11) is 0. The van der Waals surface area contributed by atoms with Crippen molar-refractivity contribution in [2.75, 3.05) is 19.8 Å². The fourth-order valence-corrected chi connectivity index (χ4v) is 1.56. The van der Waals surface area contributed by atoms with E-state index in [9.17, 15) is 0 Å². The Morgan fingerprint density at radius 2 is 2.17 bits per heavy atom. The van der Waals surface area contributed by atoms with Gasteiger partial charge in [0.2, 0.25) is 0 Å². The Hall–Kier alpha value is -0.120. The van der Waals surface area contributed by atoms with Crippen LogP contribution in [0.15, 0.2) is 0 Å². The van der Waals surface area contributed by atoms with E-state index < -0.39 is 0 Å². The molecule has 0 aliphatic heterocycles. The molecule has 2 unspecified atom stereocenters. The van der Waals surface area contributed by atoms with E-state index in [1.54, 1.807) is 0 Å². The number of nitrogens with two attached hydrogens (primary N) is 1. The van der Waals surface area contributed by atoms with E-state index in [1.165, 1.54) is 6.42 Å². The van der Waals surface area contributed by atoms with Crippen molar-refractivity contribution in [1.29, 1.82) is 0 Å². The third kappa shape index (κ3) is 3.09. The van der Waals surface area contributed by atoms with E-state index >= 15 is 0 Å². The minimum absolute atomic E-state index is 0.256. The van der Waals surface area contributed by atoms with Crippen molar-refractivity contribution in [2.45, 2.75) is 38.3 Å². The van der Waals surface area contributed by atoms with Gasteiger partial charge in [0.1, 0.15) is 0 Å². The third-order valence-corrected chi connectivity index (χ3v) is 2.27. The highest BCUT2D eigenvalue weighted by atomic mass is 16.5. The first kappa shape index (κ1) is 9.96. The van der Waals surface area contributed by atoms with Gasteiger partial charge in [-0.2, -0.15) is 0 Å². The molecule has 0 saturated heterocycles. The van der Waals surface area contributed by atoms with Crippen LogP contribution in [-0.2, 0) is 9.47 Å². The maximum atomic E-state index is 5.83. The first-order valence-electron chi connectivity index (χ1n) is 4.79. The standard InChI is InChI=1S/C9H19NO2/c1-2-11-6-7-12-9-5-3-4-8(9)10/h8-9H,2-7,10H2,1H3. The van der Waals surface area contributed by atoms with Crippen LogP contribution in [0.3, 0.4) is 0 Å². The molecule has 12 heavy (non-hydrogen) atoms. The van der Waals surface area contributed by atoms with Gasteiger partial charge in [-0.25, -0.2) is 0 Å². The molecule has 0 radical (unpaired) electrons. The van der Waals surface area contributed by atoms with Crippen LogP contribution in [-0.4, -0.2) is 32.0 Å². The van der Waals surface area contributed by atoms with Crippen LogP contribution < -0.4 is 5.73 Å². The van der Waals surface area contributed by atoms with Gasteiger partial charge in [-0.15, -0.1) is 0 Å². The van der Waals surface area contributed by atoms with E-state index in [1.807, 2.05) is 6.92 Å². The average Bonchev–Trinajstić information content (AvgIpc) is 2.46. The highest BCUT2D eigenvalue weighted by Crippen LogP contribution is 2.19. The summed E-state index contributed by atoms with van der Waals surface area (Å²) in [6, 6.07) is 0.256. The van der Waals surface area contributed by atoms with Gasteiger partial charge in [-0.05, 0) is 26.2 Å². The van der Waals surface area contributed by atoms with Crippen molar-refractivity contribution in [2.24, 2.45) is 5.73 Å². The van der Waals surface area contributed by atoms with Crippen LogP contribution >= 0.6 is 0 Å². The Morgan fingerprint density at radius 3 is 2.75 bits per heavy atom. The summed E-state index contributed by atoms with van der Waals surface area (Å²) in [6.07, 6.45) is 3.72. The van der Waals surface area contributed by atoms with Crippen molar-refractivity contribution in [3.63, 3.8) is 0 Å². The highest BCUT2D eigenvalue weighted by molar-refractivity contribution is 4.80. The molecule has 1 rings (SSSR count). The van der Waals surface area contributed by atoms with Gasteiger partial charge < -0.3 is 15.2 Å². The Balaban J connectivity index is 1.98. The Kier molecular flexibility index (Phi) is 4.58. The lowest BCUT2D eigenvalue weighted by atomic mass is 10.2. The lowest BCUT2D eigenvalue weighted by Crippen LogP contribution is -2.32. The van der Waals surface area contributed by atoms with Gasteiger partial charge in [0.15, 0.2) is 0 Å². The molecule has 0 aromatic heterocycles. The van der Waals surface area contributed by atoms with Crippen molar-refractivity contribution < 1.29 is 9.47 Å². The zero-order valence-corrected chi connectivity index (χ0v) is 7.79. The SMILES string of the molecule is CCOCCOC1CCCC1N. The number of ether oxygens (including phenoxy) is 2. The van der Waals surface area contributed by atoms with Gasteiger partial charge >= 0.3 is 0 Å². The molecule has 0 aromatic rings. The second-order valence-corrected chi connectivity index (χ2v) is 3.20. The first-order chi connectivity index (χ1) is 5.84. The van der Waals surface area contributed by atoms with E-state index in [-0.39, 0.29) is 12.1 Å². The molecule has 0 heterocycles. The van der Waals surface area contributed by atoms with Gasteiger partial charge in [0, 0.05) is 12.6 Å². The minimum Gasteiger partial charge on any atom is -0.379 e. The molecular formula is C9H19NO2. The van der Waals surface area contributed by atoms with Crippen molar-refractivity contribution >= 4 is 0 Å². The Bertz CT molecular complexity index is 119. The fourth-order valence-electron chi connectivity index (χ4n) is 1.56. The molecule has 3 heteroatoms. The van der Waals surface area contributed by atoms with Crippen LogP contribution in [0.1, 0.15) is 26.2 Å². The number of hydrogen-bond donors (Lipinski definition) is 1. The highest BCUT2D eigenvalue weighted by Gasteiger charge is 2.23. The predicted molar refractivity (Wildman–Crippen MR) is 48.1 cm³/mol. The van der Waals surface area contributed by atoms with Crippen LogP contribution in [0.4, 0.5) is 0 Å². The average molecular weight is 173 g/mol. The molecule has 0 aromatic carbocycles. The zero-order valence-electron chi connectivity index (χ0n) is 7.79. The summed E-state index contributed by atoms with van der Waals surface area (Å²) in [5.74, 6) is 0. The molecule has 3 nitrogen and oxygen atoms in total.